The summed E-state index contributed by atoms with van der Waals surface area (Å²) in [5.74, 6) is -0.00279. The predicted octanol–water partition coefficient (Wildman–Crippen LogP) is 4.47. The van der Waals surface area contributed by atoms with Gasteiger partial charge in [0.15, 0.2) is 0 Å². The Labute approximate surface area is 229 Å². The molecule has 1 fully saturated rings. The summed E-state index contributed by atoms with van der Waals surface area (Å²) in [6.07, 6.45) is 7.72. The number of anilines is 2. The van der Waals surface area contributed by atoms with Crippen molar-refractivity contribution in [3.8, 4) is 11.1 Å². The lowest BCUT2D eigenvalue weighted by Crippen LogP contribution is -2.41. The summed E-state index contributed by atoms with van der Waals surface area (Å²) in [6, 6.07) is 18.8. The SMILES string of the molecule is NC(=O)CCCCCC(=O)Nc1cccc(-c2ccc3c(c2)[C@H]2[C@H](CCN2Cc2ccncc2)[C@@H](CO)N3)c1. The lowest BCUT2D eigenvalue weighted by molar-refractivity contribution is -0.118. The maximum absolute atomic E-state index is 12.5. The molecule has 2 aliphatic rings. The third-order valence-electron chi connectivity index (χ3n) is 7.91. The summed E-state index contributed by atoms with van der Waals surface area (Å²) in [7, 11) is 0. The summed E-state index contributed by atoms with van der Waals surface area (Å²) < 4.78 is 0. The molecular formula is C31H37N5O3. The minimum atomic E-state index is -0.299. The zero-order chi connectivity index (χ0) is 27.2. The third-order valence-corrected chi connectivity index (χ3v) is 7.91. The van der Waals surface area contributed by atoms with E-state index in [1.165, 1.54) is 11.1 Å². The highest BCUT2D eigenvalue weighted by atomic mass is 16.3. The fourth-order valence-electron chi connectivity index (χ4n) is 6.00. The van der Waals surface area contributed by atoms with Gasteiger partial charge in [-0.1, -0.05) is 24.6 Å². The molecular weight excluding hydrogens is 490 g/mol. The monoisotopic (exact) mass is 527 g/mol. The number of likely N-dealkylation sites (tertiary alicyclic amines) is 1. The van der Waals surface area contributed by atoms with Crippen molar-refractivity contribution in [3.63, 3.8) is 0 Å². The van der Waals surface area contributed by atoms with E-state index in [0.717, 1.165) is 54.9 Å². The van der Waals surface area contributed by atoms with Crippen molar-refractivity contribution >= 4 is 23.2 Å². The van der Waals surface area contributed by atoms with Crippen LogP contribution in [-0.4, -0.2) is 46.0 Å². The number of carbonyl (C=O) groups is 2. The number of benzene rings is 2. The van der Waals surface area contributed by atoms with Gasteiger partial charge in [0.25, 0.3) is 0 Å². The molecule has 39 heavy (non-hydrogen) atoms. The molecule has 3 atom stereocenters. The maximum atomic E-state index is 12.5. The van der Waals surface area contributed by atoms with Crippen LogP contribution in [0.5, 0.6) is 0 Å². The second-order valence-electron chi connectivity index (χ2n) is 10.6. The topological polar surface area (TPSA) is 121 Å². The molecule has 0 bridgehead atoms. The molecule has 8 nitrogen and oxygen atoms in total. The van der Waals surface area contributed by atoms with Crippen LogP contribution in [0.1, 0.15) is 55.7 Å². The number of aliphatic hydroxyl groups is 1. The third kappa shape index (κ3) is 6.46. The van der Waals surface area contributed by atoms with E-state index >= 15 is 0 Å². The summed E-state index contributed by atoms with van der Waals surface area (Å²) in [5, 5.41) is 16.7. The van der Waals surface area contributed by atoms with Gasteiger partial charge in [-0.15, -0.1) is 0 Å². The molecule has 1 saturated heterocycles. The number of pyridine rings is 1. The smallest absolute Gasteiger partial charge is 0.224 e. The van der Waals surface area contributed by atoms with Crippen LogP contribution >= 0.6 is 0 Å². The molecule has 1 aromatic heterocycles. The second-order valence-corrected chi connectivity index (χ2v) is 10.6. The average Bonchev–Trinajstić information content (AvgIpc) is 3.36. The van der Waals surface area contributed by atoms with E-state index in [1.807, 2.05) is 30.6 Å². The first kappa shape index (κ1) is 26.8. The molecule has 8 heteroatoms. The quantitative estimate of drug-likeness (QED) is 0.273. The van der Waals surface area contributed by atoms with E-state index in [-0.39, 0.29) is 30.5 Å². The molecule has 0 unspecified atom stereocenters. The average molecular weight is 528 g/mol. The molecule has 3 heterocycles. The van der Waals surface area contributed by atoms with Crippen molar-refractivity contribution < 1.29 is 14.7 Å². The number of aromatic nitrogens is 1. The van der Waals surface area contributed by atoms with Crippen LogP contribution in [0.3, 0.4) is 0 Å². The van der Waals surface area contributed by atoms with E-state index in [0.29, 0.717) is 25.2 Å². The van der Waals surface area contributed by atoms with Crippen LogP contribution in [0.2, 0.25) is 0 Å². The van der Waals surface area contributed by atoms with Crippen molar-refractivity contribution in [2.75, 3.05) is 23.8 Å². The van der Waals surface area contributed by atoms with Crippen molar-refractivity contribution in [3.05, 3.63) is 78.1 Å². The maximum Gasteiger partial charge on any atom is 0.224 e. The fourth-order valence-corrected chi connectivity index (χ4v) is 6.00. The van der Waals surface area contributed by atoms with E-state index < -0.39 is 0 Å². The Morgan fingerprint density at radius 1 is 1.03 bits per heavy atom. The van der Waals surface area contributed by atoms with Gasteiger partial charge in [0.1, 0.15) is 0 Å². The first-order valence-electron chi connectivity index (χ1n) is 13.8. The van der Waals surface area contributed by atoms with Crippen LogP contribution < -0.4 is 16.4 Å². The Hall–Kier alpha value is -3.75. The van der Waals surface area contributed by atoms with Gasteiger partial charge in [0.05, 0.1) is 12.6 Å². The van der Waals surface area contributed by atoms with Crippen molar-refractivity contribution in [1.82, 2.24) is 9.88 Å². The van der Waals surface area contributed by atoms with Gasteiger partial charge in [-0.25, -0.2) is 0 Å². The van der Waals surface area contributed by atoms with Gasteiger partial charge < -0.3 is 21.5 Å². The molecule has 0 aliphatic carbocycles. The second kappa shape index (κ2) is 12.4. The van der Waals surface area contributed by atoms with Crippen LogP contribution in [-0.2, 0) is 16.1 Å². The van der Waals surface area contributed by atoms with Gasteiger partial charge >= 0.3 is 0 Å². The number of carbonyl (C=O) groups excluding carboxylic acids is 2. The molecule has 204 valence electrons. The normalized spacial score (nSPS) is 20.1. The molecule has 2 amide bonds. The highest BCUT2D eigenvalue weighted by Gasteiger charge is 2.43. The van der Waals surface area contributed by atoms with Crippen LogP contribution in [0.4, 0.5) is 11.4 Å². The van der Waals surface area contributed by atoms with Gasteiger partial charge in [-0.2, -0.15) is 0 Å². The molecule has 0 saturated carbocycles. The van der Waals surface area contributed by atoms with Crippen molar-refractivity contribution in [2.24, 2.45) is 11.7 Å². The Kier molecular flexibility index (Phi) is 8.54. The lowest BCUT2D eigenvalue weighted by Gasteiger charge is -2.39. The number of nitrogens with zero attached hydrogens (tertiary/aromatic N) is 2. The van der Waals surface area contributed by atoms with Crippen molar-refractivity contribution in [1.29, 1.82) is 0 Å². The van der Waals surface area contributed by atoms with Crippen LogP contribution in [0.25, 0.3) is 11.1 Å². The van der Waals surface area contributed by atoms with E-state index in [2.05, 4.69) is 56.9 Å². The zero-order valence-corrected chi connectivity index (χ0v) is 22.2. The number of amides is 2. The highest BCUT2D eigenvalue weighted by molar-refractivity contribution is 5.91. The number of nitrogens with one attached hydrogen (secondary N) is 2. The van der Waals surface area contributed by atoms with E-state index in [4.69, 9.17) is 5.73 Å². The highest BCUT2D eigenvalue weighted by Crippen LogP contribution is 2.47. The lowest BCUT2D eigenvalue weighted by atomic mass is 9.82. The van der Waals surface area contributed by atoms with Crippen molar-refractivity contribution in [2.45, 2.75) is 57.2 Å². The number of nitrogens with two attached hydrogens (primary N) is 1. The zero-order valence-electron chi connectivity index (χ0n) is 22.2. The van der Waals surface area contributed by atoms with Crippen LogP contribution in [0.15, 0.2) is 67.0 Å². The molecule has 3 aromatic rings. The summed E-state index contributed by atoms with van der Waals surface area (Å²) in [5.41, 5.74) is 11.6. The van der Waals surface area contributed by atoms with Crippen LogP contribution in [0, 0.1) is 5.92 Å². The van der Waals surface area contributed by atoms with E-state index in [1.54, 1.807) is 0 Å². The first-order valence-corrected chi connectivity index (χ1v) is 13.8. The minimum absolute atomic E-state index is 0.0311. The largest absolute Gasteiger partial charge is 0.394 e. The number of aliphatic hydroxyl groups excluding tert-OH is 1. The molecule has 0 spiro atoms. The number of hydrogen-bond acceptors (Lipinski definition) is 6. The Balaban J connectivity index is 1.32. The standard InChI is InChI=1S/C31H37N5O3/c32-29(38)7-2-1-3-8-30(39)34-24-6-4-5-22(17-24)23-9-10-27-26(18-23)31-25(28(20-37)35-27)13-16-36(31)19-21-11-14-33-15-12-21/h4-6,9-12,14-15,17-18,25,28,31,35,37H,1-3,7-8,13,16,19-20H2,(H2,32,38)(H,34,39)/t25-,28-,31-/m1/s1. The Morgan fingerprint density at radius 2 is 1.82 bits per heavy atom. The first-order chi connectivity index (χ1) is 19.0. The minimum Gasteiger partial charge on any atom is -0.394 e. The number of rotatable bonds is 11. The number of primary amides is 1. The fraction of sp³-hybridized carbons (Fsp3) is 0.387. The van der Waals surface area contributed by atoms with Gasteiger partial charge in [-0.05, 0) is 84.5 Å². The predicted molar refractivity (Wildman–Crippen MR) is 153 cm³/mol. The summed E-state index contributed by atoms with van der Waals surface area (Å²) in [6.45, 7) is 1.93. The number of unbranched alkanes of at least 4 members (excludes halogenated alkanes) is 2. The number of hydrogen-bond donors (Lipinski definition) is 4. The number of fused-ring (bicyclic) bond motifs is 3. The van der Waals surface area contributed by atoms with E-state index in [9.17, 15) is 14.7 Å². The summed E-state index contributed by atoms with van der Waals surface area (Å²) >= 11 is 0. The Morgan fingerprint density at radius 3 is 2.62 bits per heavy atom. The summed E-state index contributed by atoms with van der Waals surface area (Å²) in [4.78, 5) is 30.0. The van der Waals surface area contributed by atoms with Gasteiger partial charge in [-0.3, -0.25) is 19.5 Å². The molecule has 5 rings (SSSR count). The van der Waals surface area contributed by atoms with Gasteiger partial charge in [0.2, 0.25) is 11.8 Å². The molecule has 5 N–H and O–H groups in total. The molecule has 2 aromatic carbocycles. The van der Waals surface area contributed by atoms with Gasteiger partial charge in [0, 0.05) is 55.1 Å². The molecule has 2 aliphatic heterocycles. The Bertz CT molecular complexity index is 1300. The molecule has 0 radical (unpaired) electrons.